The van der Waals surface area contributed by atoms with Crippen LogP contribution in [0.25, 0.3) is 22.4 Å². The molecule has 0 fully saturated rings. The molecular formula is C24H20F6N2O2. The molecule has 4 aromatic rings. The summed E-state index contributed by atoms with van der Waals surface area (Å²) in [5, 5.41) is 9.84. The molecule has 2 aromatic carbocycles. The Kier molecular flexibility index (Phi) is 5.55. The van der Waals surface area contributed by atoms with E-state index in [4.69, 9.17) is 4.42 Å². The highest BCUT2D eigenvalue weighted by Gasteiger charge is 2.71. The smallest absolute Gasteiger partial charge is 0.430 e. The third-order valence-corrected chi connectivity index (χ3v) is 5.85. The van der Waals surface area contributed by atoms with Crippen molar-refractivity contribution in [1.29, 1.82) is 0 Å². The van der Waals surface area contributed by atoms with Gasteiger partial charge in [0.1, 0.15) is 11.5 Å². The Bertz CT molecular complexity index is 1330. The molecule has 0 aliphatic rings. The number of oxazole rings is 1. The molecule has 0 atom stereocenters. The number of benzene rings is 2. The topological polar surface area (TPSA) is 51.2 Å². The largest absolute Gasteiger partial charge is 0.441 e. The van der Waals surface area contributed by atoms with Crippen molar-refractivity contribution in [2.24, 2.45) is 0 Å². The van der Waals surface area contributed by atoms with E-state index in [2.05, 4.69) is 4.98 Å². The highest BCUT2D eigenvalue weighted by molar-refractivity contribution is 5.82. The average Bonchev–Trinajstić information content (AvgIpc) is 3.25. The van der Waals surface area contributed by atoms with E-state index in [1.807, 2.05) is 31.2 Å². The second-order valence-electron chi connectivity index (χ2n) is 8.24. The van der Waals surface area contributed by atoms with Gasteiger partial charge >= 0.3 is 12.4 Å². The molecule has 2 heterocycles. The lowest BCUT2D eigenvalue weighted by atomic mass is 9.91. The first-order chi connectivity index (χ1) is 15.7. The van der Waals surface area contributed by atoms with Gasteiger partial charge in [0.2, 0.25) is 5.89 Å². The van der Waals surface area contributed by atoms with Crippen molar-refractivity contribution < 1.29 is 35.9 Å². The molecule has 0 amide bonds. The maximum atomic E-state index is 13.3. The van der Waals surface area contributed by atoms with Gasteiger partial charge in [-0.25, -0.2) is 4.98 Å². The Labute approximate surface area is 190 Å². The molecule has 0 radical (unpaired) electrons. The quantitative estimate of drug-likeness (QED) is 0.334. The van der Waals surface area contributed by atoms with Crippen LogP contribution in [0.1, 0.15) is 28.3 Å². The summed E-state index contributed by atoms with van der Waals surface area (Å²) in [7, 11) is 0. The summed E-state index contributed by atoms with van der Waals surface area (Å²) in [6, 6.07) is 11.5. The minimum absolute atomic E-state index is 0.127. The van der Waals surface area contributed by atoms with Gasteiger partial charge in [0.05, 0.1) is 6.54 Å². The van der Waals surface area contributed by atoms with Crippen LogP contribution in [0.3, 0.4) is 0 Å². The van der Waals surface area contributed by atoms with Crippen LogP contribution in [0.5, 0.6) is 0 Å². The predicted molar refractivity (Wildman–Crippen MR) is 113 cm³/mol. The van der Waals surface area contributed by atoms with Crippen LogP contribution in [0.4, 0.5) is 26.3 Å². The van der Waals surface area contributed by atoms with Crippen LogP contribution >= 0.6 is 0 Å². The van der Waals surface area contributed by atoms with Crippen molar-refractivity contribution in [3.05, 3.63) is 76.8 Å². The molecule has 0 spiro atoms. The van der Waals surface area contributed by atoms with Gasteiger partial charge in [-0.3, -0.25) is 0 Å². The van der Waals surface area contributed by atoms with Gasteiger partial charge in [0.15, 0.2) is 0 Å². The molecule has 4 rings (SSSR count). The van der Waals surface area contributed by atoms with Crippen molar-refractivity contribution in [2.45, 2.75) is 45.3 Å². The van der Waals surface area contributed by atoms with E-state index in [1.54, 1.807) is 18.4 Å². The number of nitrogens with zero attached hydrogens (tertiary/aromatic N) is 2. The first kappa shape index (κ1) is 23.9. The van der Waals surface area contributed by atoms with Crippen LogP contribution in [-0.2, 0) is 12.1 Å². The number of rotatable bonds is 4. The lowest BCUT2D eigenvalue weighted by molar-refractivity contribution is -0.376. The van der Waals surface area contributed by atoms with Crippen LogP contribution < -0.4 is 0 Å². The number of hydrogen-bond donors (Lipinski definition) is 1. The monoisotopic (exact) mass is 482 g/mol. The molecule has 0 aliphatic heterocycles. The van der Waals surface area contributed by atoms with Gasteiger partial charge in [0.25, 0.3) is 5.60 Å². The number of hydrogen-bond acceptors (Lipinski definition) is 3. The van der Waals surface area contributed by atoms with Gasteiger partial charge in [-0.1, -0.05) is 23.8 Å². The van der Waals surface area contributed by atoms with Crippen LogP contribution in [0, 0.1) is 20.8 Å². The van der Waals surface area contributed by atoms with E-state index in [1.165, 1.54) is 6.07 Å². The fourth-order valence-electron chi connectivity index (χ4n) is 3.88. The lowest BCUT2D eigenvalue weighted by Gasteiger charge is -2.32. The minimum Gasteiger partial charge on any atom is -0.441 e. The van der Waals surface area contributed by atoms with E-state index < -0.39 is 23.5 Å². The molecular weight excluding hydrogens is 462 g/mol. The summed E-state index contributed by atoms with van der Waals surface area (Å²) >= 11 is 0. The number of halogens is 6. The molecule has 0 saturated heterocycles. The molecule has 0 saturated carbocycles. The third-order valence-electron chi connectivity index (χ3n) is 5.85. The van der Waals surface area contributed by atoms with Crippen LogP contribution in [-0.4, -0.2) is 27.0 Å². The fourth-order valence-corrected chi connectivity index (χ4v) is 3.88. The highest BCUT2D eigenvalue weighted by atomic mass is 19.4. The molecule has 2 aromatic heterocycles. The average molecular weight is 482 g/mol. The zero-order valence-corrected chi connectivity index (χ0v) is 18.3. The molecule has 180 valence electrons. The zero-order valence-electron chi connectivity index (χ0n) is 18.3. The Morgan fingerprint density at radius 3 is 2.09 bits per heavy atom. The number of aryl methyl sites for hydroxylation is 3. The van der Waals surface area contributed by atoms with Crippen molar-refractivity contribution >= 4 is 10.9 Å². The predicted octanol–water partition coefficient (Wildman–Crippen LogP) is 6.58. The van der Waals surface area contributed by atoms with E-state index in [0.29, 0.717) is 40.7 Å². The summed E-state index contributed by atoms with van der Waals surface area (Å²) in [5.74, 6) is 0.946. The molecule has 1 N–H and O–H groups in total. The minimum atomic E-state index is -5.94. The highest BCUT2D eigenvalue weighted by Crippen LogP contribution is 2.50. The molecule has 34 heavy (non-hydrogen) atoms. The number of aliphatic hydroxyl groups is 1. The summed E-state index contributed by atoms with van der Waals surface area (Å²) in [6.07, 6.45) is -11.9. The second-order valence-corrected chi connectivity index (χ2v) is 8.24. The first-order valence-electron chi connectivity index (χ1n) is 10.2. The summed E-state index contributed by atoms with van der Waals surface area (Å²) in [4.78, 5) is 4.53. The zero-order chi connectivity index (χ0) is 25.1. The van der Waals surface area contributed by atoms with Gasteiger partial charge in [-0.15, -0.1) is 0 Å². The van der Waals surface area contributed by atoms with Gasteiger partial charge in [-0.2, -0.15) is 26.3 Å². The lowest BCUT2D eigenvalue weighted by Crippen LogP contribution is -2.53. The van der Waals surface area contributed by atoms with E-state index in [9.17, 15) is 31.4 Å². The van der Waals surface area contributed by atoms with Crippen molar-refractivity contribution in [3.8, 4) is 11.5 Å². The molecule has 4 nitrogen and oxygen atoms in total. The SMILES string of the molecule is Cc1ccc(-c2nc(Cn3c(C)cc4cc(C(O)(C(F)(F)F)C(F)(F)F)ccc43)c(C)o2)cc1. The molecule has 0 bridgehead atoms. The summed E-state index contributed by atoms with van der Waals surface area (Å²) in [6.45, 7) is 5.55. The fraction of sp³-hybridized carbons (Fsp3) is 0.292. The standard InChI is InChI=1S/C24H20F6N2O2/c1-13-4-6-16(7-5-13)21-31-19(15(3)34-21)12-32-14(2)10-17-11-18(8-9-20(17)32)22(33,23(25,26)27)24(28,29)30/h4-11,33H,12H2,1-3H3. The number of alkyl halides is 6. The van der Waals surface area contributed by atoms with E-state index >= 15 is 0 Å². The summed E-state index contributed by atoms with van der Waals surface area (Å²) in [5.41, 5.74) is -2.86. The van der Waals surface area contributed by atoms with Crippen molar-refractivity contribution in [1.82, 2.24) is 9.55 Å². The Morgan fingerprint density at radius 2 is 1.50 bits per heavy atom. The van der Waals surface area contributed by atoms with E-state index in [0.717, 1.165) is 17.2 Å². The van der Waals surface area contributed by atoms with Crippen LogP contribution in [0.15, 0.2) is 52.9 Å². The third kappa shape index (κ3) is 3.85. The van der Waals surface area contributed by atoms with Gasteiger partial charge in [0, 0.05) is 27.7 Å². The second kappa shape index (κ2) is 7.90. The molecule has 10 heteroatoms. The Hall–Kier alpha value is -3.27. The summed E-state index contributed by atoms with van der Waals surface area (Å²) < 4.78 is 87.1. The normalized spacial score (nSPS) is 13.1. The number of aromatic nitrogens is 2. The Balaban J connectivity index is 1.74. The maximum Gasteiger partial charge on any atom is 0.430 e. The van der Waals surface area contributed by atoms with Gasteiger partial charge < -0.3 is 14.1 Å². The Morgan fingerprint density at radius 1 is 0.882 bits per heavy atom. The molecule has 0 aliphatic carbocycles. The first-order valence-corrected chi connectivity index (χ1v) is 10.2. The van der Waals surface area contributed by atoms with Crippen molar-refractivity contribution in [2.75, 3.05) is 0 Å². The van der Waals surface area contributed by atoms with E-state index in [-0.39, 0.29) is 11.9 Å². The van der Waals surface area contributed by atoms with Crippen molar-refractivity contribution in [3.63, 3.8) is 0 Å². The van der Waals surface area contributed by atoms with Gasteiger partial charge in [-0.05, 0) is 51.1 Å². The maximum absolute atomic E-state index is 13.3. The number of fused-ring (bicyclic) bond motifs is 1. The molecule has 0 unspecified atom stereocenters. The van der Waals surface area contributed by atoms with Crippen LogP contribution in [0.2, 0.25) is 0 Å².